The maximum absolute atomic E-state index is 10.4. The van der Waals surface area contributed by atoms with Crippen molar-refractivity contribution in [2.45, 2.75) is 0 Å². The van der Waals surface area contributed by atoms with E-state index in [1.165, 1.54) is 12.3 Å². The van der Waals surface area contributed by atoms with Crippen LogP contribution >= 0.6 is 39.9 Å². The molecule has 0 unspecified atom stereocenters. The average Bonchev–Trinajstić information content (AvgIpc) is 1.94. The second-order valence-corrected chi connectivity index (χ2v) is 3.07. The van der Waals surface area contributed by atoms with E-state index in [2.05, 4.69) is 20.9 Å². The Morgan fingerprint density at radius 2 is 2.25 bits per heavy atom. The van der Waals surface area contributed by atoms with Gasteiger partial charge in [0, 0.05) is 10.7 Å². The van der Waals surface area contributed by atoms with Crippen LogP contribution < -0.4 is 0 Å². The number of carboxylic acid groups (broad SMARTS) is 1. The van der Waals surface area contributed by atoms with Gasteiger partial charge in [0.05, 0.1) is 5.56 Å². The predicted molar refractivity (Wildman–Crippen MR) is 51.2 cm³/mol. The minimum absolute atomic E-state index is 0. The first-order valence-corrected chi connectivity index (χ1v) is 3.82. The molecule has 0 fully saturated rings. The molecular formula is C6H4BrCl2NO2. The highest BCUT2D eigenvalue weighted by Gasteiger charge is 2.09. The summed E-state index contributed by atoms with van der Waals surface area (Å²) < 4.78 is 0.597. The highest BCUT2D eigenvalue weighted by molar-refractivity contribution is 9.10. The molecule has 0 aliphatic rings. The zero-order valence-electron chi connectivity index (χ0n) is 5.62. The molecule has 0 atom stereocenters. The van der Waals surface area contributed by atoms with Crippen molar-refractivity contribution >= 4 is 45.9 Å². The summed E-state index contributed by atoms with van der Waals surface area (Å²) in [7, 11) is 0. The average molecular weight is 273 g/mol. The fourth-order valence-electron chi connectivity index (χ4n) is 0.573. The smallest absolute Gasteiger partial charge is 0.338 e. The van der Waals surface area contributed by atoms with Gasteiger partial charge >= 0.3 is 5.97 Å². The second-order valence-electron chi connectivity index (χ2n) is 1.80. The second kappa shape index (κ2) is 4.64. The molecule has 0 amide bonds. The minimum Gasteiger partial charge on any atom is -0.478 e. The van der Waals surface area contributed by atoms with Crippen LogP contribution in [0.2, 0.25) is 5.15 Å². The number of carbonyl (C=O) groups is 1. The highest BCUT2D eigenvalue weighted by Crippen LogP contribution is 2.17. The number of carboxylic acids is 1. The standard InChI is InChI=1S/C6H3BrClNO2.ClH/c7-3-1-4(6(10)11)5(8)9-2-3;/h1-2H,(H,10,11);1H. The van der Waals surface area contributed by atoms with Gasteiger partial charge in [-0.2, -0.15) is 0 Å². The summed E-state index contributed by atoms with van der Waals surface area (Å²) in [6.07, 6.45) is 1.44. The van der Waals surface area contributed by atoms with Crippen LogP contribution in [0, 0.1) is 0 Å². The third-order valence-corrected chi connectivity index (χ3v) is 1.77. The molecule has 0 aromatic carbocycles. The van der Waals surface area contributed by atoms with Crippen LogP contribution in [0.1, 0.15) is 10.4 Å². The van der Waals surface area contributed by atoms with E-state index in [-0.39, 0.29) is 23.1 Å². The topological polar surface area (TPSA) is 50.2 Å². The van der Waals surface area contributed by atoms with Crippen molar-refractivity contribution < 1.29 is 9.90 Å². The van der Waals surface area contributed by atoms with Crippen LogP contribution in [0.4, 0.5) is 0 Å². The lowest BCUT2D eigenvalue weighted by Crippen LogP contribution is -1.98. The van der Waals surface area contributed by atoms with E-state index < -0.39 is 5.97 Å². The zero-order valence-corrected chi connectivity index (χ0v) is 8.78. The van der Waals surface area contributed by atoms with Gasteiger partial charge in [-0.1, -0.05) is 11.6 Å². The molecule has 0 spiro atoms. The monoisotopic (exact) mass is 271 g/mol. The summed E-state index contributed by atoms with van der Waals surface area (Å²) in [6, 6.07) is 1.40. The Morgan fingerprint density at radius 3 is 2.67 bits per heavy atom. The van der Waals surface area contributed by atoms with Crippen LogP contribution in [0.3, 0.4) is 0 Å². The Labute approximate surface area is 88.3 Å². The molecule has 0 saturated carbocycles. The molecule has 12 heavy (non-hydrogen) atoms. The molecule has 1 aromatic heterocycles. The van der Waals surface area contributed by atoms with Crippen molar-refractivity contribution in [2.24, 2.45) is 0 Å². The van der Waals surface area contributed by atoms with E-state index in [4.69, 9.17) is 16.7 Å². The Bertz CT molecular complexity index is 306. The molecule has 0 aliphatic heterocycles. The van der Waals surface area contributed by atoms with Gasteiger partial charge in [0.2, 0.25) is 0 Å². The maximum atomic E-state index is 10.4. The number of hydrogen-bond donors (Lipinski definition) is 1. The van der Waals surface area contributed by atoms with E-state index in [0.29, 0.717) is 4.47 Å². The van der Waals surface area contributed by atoms with E-state index in [1.807, 2.05) is 0 Å². The molecule has 0 radical (unpaired) electrons. The largest absolute Gasteiger partial charge is 0.478 e. The molecule has 0 bridgehead atoms. The molecule has 0 aliphatic carbocycles. The Morgan fingerprint density at radius 1 is 1.67 bits per heavy atom. The van der Waals surface area contributed by atoms with Crippen LogP contribution in [-0.2, 0) is 0 Å². The summed E-state index contributed by atoms with van der Waals surface area (Å²) in [5.41, 5.74) is 0.000965. The predicted octanol–water partition coefficient (Wildman–Crippen LogP) is 2.62. The first kappa shape index (κ1) is 11.7. The van der Waals surface area contributed by atoms with Gasteiger partial charge in [-0.3, -0.25) is 0 Å². The number of halogens is 3. The normalized spacial score (nSPS) is 8.83. The van der Waals surface area contributed by atoms with Gasteiger partial charge in [0.1, 0.15) is 5.15 Å². The molecule has 6 heteroatoms. The van der Waals surface area contributed by atoms with Gasteiger partial charge in [0.25, 0.3) is 0 Å². The lowest BCUT2D eigenvalue weighted by molar-refractivity contribution is 0.0696. The third-order valence-electron chi connectivity index (χ3n) is 1.04. The maximum Gasteiger partial charge on any atom is 0.338 e. The van der Waals surface area contributed by atoms with E-state index >= 15 is 0 Å². The van der Waals surface area contributed by atoms with E-state index in [9.17, 15) is 4.79 Å². The quantitative estimate of drug-likeness (QED) is 0.800. The van der Waals surface area contributed by atoms with Crippen LogP contribution in [0.15, 0.2) is 16.7 Å². The molecule has 66 valence electrons. The third kappa shape index (κ3) is 2.62. The number of aromatic nitrogens is 1. The lowest BCUT2D eigenvalue weighted by Gasteiger charge is -1.96. The van der Waals surface area contributed by atoms with Crippen molar-refractivity contribution in [3.05, 3.63) is 27.5 Å². The Kier molecular flexibility index (Phi) is 4.52. The van der Waals surface area contributed by atoms with E-state index in [0.717, 1.165) is 0 Å². The van der Waals surface area contributed by atoms with Crippen molar-refractivity contribution in [3.63, 3.8) is 0 Å². The summed E-state index contributed by atoms with van der Waals surface area (Å²) >= 11 is 8.56. The number of aromatic carboxylic acids is 1. The molecule has 1 N–H and O–H groups in total. The van der Waals surface area contributed by atoms with Crippen LogP contribution in [0.25, 0.3) is 0 Å². The molecular weight excluding hydrogens is 269 g/mol. The number of hydrogen-bond acceptors (Lipinski definition) is 2. The number of nitrogens with zero attached hydrogens (tertiary/aromatic N) is 1. The molecule has 1 aromatic rings. The minimum atomic E-state index is -1.08. The van der Waals surface area contributed by atoms with Gasteiger partial charge in [0.15, 0.2) is 0 Å². The molecule has 3 nitrogen and oxygen atoms in total. The Hall–Kier alpha value is -0.320. The summed E-state index contributed by atoms with van der Waals surface area (Å²) in [6.45, 7) is 0. The molecule has 1 rings (SSSR count). The number of pyridine rings is 1. The Balaban J connectivity index is 0.00000121. The van der Waals surface area contributed by atoms with Gasteiger partial charge in [-0.15, -0.1) is 12.4 Å². The summed E-state index contributed by atoms with van der Waals surface area (Å²) in [5.74, 6) is -1.08. The highest BCUT2D eigenvalue weighted by atomic mass is 79.9. The van der Waals surface area contributed by atoms with Gasteiger partial charge in [-0.25, -0.2) is 9.78 Å². The lowest BCUT2D eigenvalue weighted by atomic mass is 10.3. The van der Waals surface area contributed by atoms with Crippen molar-refractivity contribution in [3.8, 4) is 0 Å². The van der Waals surface area contributed by atoms with Crippen molar-refractivity contribution in [2.75, 3.05) is 0 Å². The van der Waals surface area contributed by atoms with Crippen molar-refractivity contribution in [1.82, 2.24) is 4.98 Å². The van der Waals surface area contributed by atoms with Crippen molar-refractivity contribution in [1.29, 1.82) is 0 Å². The SMILES string of the molecule is Cl.O=C(O)c1cc(Br)cnc1Cl. The fourth-order valence-corrected chi connectivity index (χ4v) is 1.09. The van der Waals surface area contributed by atoms with Gasteiger partial charge in [-0.05, 0) is 22.0 Å². The van der Waals surface area contributed by atoms with E-state index in [1.54, 1.807) is 0 Å². The fraction of sp³-hybridized carbons (Fsp3) is 0. The zero-order chi connectivity index (χ0) is 8.43. The number of rotatable bonds is 1. The summed E-state index contributed by atoms with van der Waals surface area (Å²) in [4.78, 5) is 14.1. The molecule has 0 saturated heterocycles. The summed E-state index contributed by atoms with van der Waals surface area (Å²) in [5, 5.41) is 8.55. The molecule has 1 heterocycles. The first-order chi connectivity index (χ1) is 5.11. The van der Waals surface area contributed by atoms with Crippen LogP contribution in [0.5, 0.6) is 0 Å². The van der Waals surface area contributed by atoms with Gasteiger partial charge < -0.3 is 5.11 Å². The first-order valence-electron chi connectivity index (χ1n) is 2.65. The van der Waals surface area contributed by atoms with Crippen LogP contribution in [-0.4, -0.2) is 16.1 Å².